The van der Waals surface area contributed by atoms with E-state index in [2.05, 4.69) is 14.9 Å². The van der Waals surface area contributed by atoms with Crippen molar-refractivity contribution in [1.29, 1.82) is 0 Å². The van der Waals surface area contributed by atoms with Gasteiger partial charge in [-0.05, 0) is 57.4 Å². The second-order valence-corrected chi connectivity index (χ2v) is 8.30. The van der Waals surface area contributed by atoms with Gasteiger partial charge in [0.1, 0.15) is 0 Å². The summed E-state index contributed by atoms with van der Waals surface area (Å²) in [5, 5.41) is 2.69. The Balaban J connectivity index is 2.20. The molecule has 1 saturated heterocycles. The highest BCUT2D eigenvalue weighted by Crippen LogP contribution is 2.28. The van der Waals surface area contributed by atoms with Gasteiger partial charge in [-0.3, -0.25) is 4.79 Å². The lowest BCUT2D eigenvalue weighted by Crippen LogP contribution is -2.43. The molecule has 128 valence electrons. The SMILES string of the molecule is CSc1ccc(S(=O)(=O)NC2CCN(C)CC2)cc1NC(C)=O. The first-order chi connectivity index (χ1) is 10.8. The van der Waals surface area contributed by atoms with Gasteiger partial charge < -0.3 is 10.2 Å². The molecule has 2 N–H and O–H groups in total. The first-order valence-electron chi connectivity index (χ1n) is 7.48. The third kappa shape index (κ3) is 4.94. The van der Waals surface area contributed by atoms with E-state index in [0.717, 1.165) is 30.8 Å². The Morgan fingerprint density at radius 2 is 1.96 bits per heavy atom. The maximum Gasteiger partial charge on any atom is 0.240 e. The number of hydrogen-bond acceptors (Lipinski definition) is 5. The fourth-order valence-electron chi connectivity index (χ4n) is 2.56. The van der Waals surface area contributed by atoms with E-state index in [1.165, 1.54) is 24.8 Å². The monoisotopic (exact) mass is 357 g/mol. The van der Waals surface area contributed by atoms with Gasteiger partial charge in [0.25, 0.3) is 0 Å². The van der Waals surface area contributed by atoms with Gasteiger partial charge in [-0.15, -0.1) is 11.8 Å². The Morgan fingerprint density at radius 1 is 1.30 bits per heavy atom. The molecule has 6 nitrogen and oxygen atoms in total. The number of nitrogens with zero attached hydrogens (tertiary/aromatic N) is 1. The van der Waals surface area contributed by atoms with Crippen LogP contribution in [0.3, 0.4) is 0 Å². The Hall–Kier alpha value is -1.09. The molecule has 0 aromatic heterocycles. The summed E-state index contributed by atoms with van der Waals surface area (Å²) in [7, 11) is -1.56. The fraction of sp³-hybridized carbons (Fsp3) is 0.533. The van der Waals surface area contributed by atoms with Crippen molar-refractivity contribution < 1.29 is 13.2 Å². The van der Waals surface area contributed by atoms with Crippen LogP contribution in [0.25, 0.3) is 0 Å². The van der Waals surface area contributed by atoms with E-state index in [1.807, 2.05) is 13.3 Å². The molecule has 0 saturated carbocycles. The number of hydrogen-bond donors (Lipinski definition) is 2. The molecule has 1 aliphatic rings. The molecule has 23 heavy (non-hydrogen) atoms. The number of nitrogens with one attached hydrogen (secondary N) is 2. The van der Waals surface area contributed by atoms with Crippen molar-refractivity contribution in [1.82, 2.24) is 9.62 Å². The van der Waals surface area contributed by atoms with Crippen molar-refractivity contribution in [3.63, 3.8) is 0 Å². The number of carbonyl (C=O) groups is 1. The number of piperidine rings is 1. The lowest BCUT2D eigenvalue weighted by Gasteiger charge is -2.29. The molecular weight excluding hydrogens is 334 g/mol. The molecule has 1 heterocycles. The molecule has 0 aliphatic carbocycles. The maximum absolute atomic E-state index is 12.6. The predicted octanol–water partition coefficient (Wildman–Crippen LogP) is 1.74. The minimum atomic E-state index is -3.59. The minimum absolute atomic E-state index is 0.0411. The number of carbonyl (C=O) groups excluding carboxylic acids is 1. The zero-order valence-corrected chi connectivity index (χ0v) is 15.3. The van der Waals surface area contributed by atoms with Crippen LogP contribution in [0.5, 0.6) is 0 Å². The third-order valence-electron chi connectivity index (χ3n) is 3.83. The molecule has 0 bridgehead atoms. The summed E-state index contributed by atoms with van der Waals surface area (Å²) in [5.74, 6) is -0.224. The van der Waals surface area contributed by atoms with Gasteiger partial charge >= 0.3 is 0 Å². The topological polar surface area (TPSA) is 78.5 Å². The number of amides is 1. The van der Waals surface area contributed by atoms with Crippen molar-refractivity contribution in [3.05, 3.63) is 18.2 Å². The lowest BCUT2D eigenvalue weighted by molar-refractivity contribution is -0.114. The largest absolute Gasteiger partial charge is 0.325 e. The highest BCUT2D eigenvalue weighted by molar-refractivity contribution is 7.98. The van der Waals surface area contributed by atoms with Crippen molar-refractivity contribution in [3.8, 4) is 0 Å². The second-order valence-electron chi connectivity index (χ2n) is 5.74. The Morgan fingerprint density at radius 3 is 2.52 bits per heavy atom. The van der Waals surface area contributed by atoms with Crippen LogP contribution in [0, 0.1) is 0 Å². The first kappa shape index (κ1) is 18.3. The highest BCUT2D eigenvalue weighted by atomic mass is 32.2. The number of thioether (sulfide) groups is 1. The van der Waals surface area contributed by atoms with E-state index in [0.29, 0.717) is 5.69 Å². The standard InChI is InChI=1S/C15H23N3O3S2/c1-11(19)16-14-10-13(4-5-15(14)22-3)23(20,21)17-12-6-8-18(2)9-7-12/h4-5,10,12,17H,6-9H2,1-3H3,(H,16,19). The molecule has 8 heteroatoms. The number of anilines is 1. The Bertz CT molecular complexity index is 669. The van der Waals surface area contributed by atoms with E-state index in [9.17, 15) is 13.2 Å². The molecule has 1 fully saturated rings. The number of benzene rings is 1. The van der Waals surface area contributed by atoms with Crippen LogP contribution in [0.2, 0.25) is 0 Å². The summed E-state index contributed by atoms with van der Waals surface area (Å²) in [6.07, 6.45) is 3.49. The van der Waals surface area contributed by atoms with Crippen LogP contribution in [-0.4, -0.2) is 51.7 Å². The molecule has 1 aliphatic heterocycles. The quantitative estimate of drug-likeness (QED) is 0.785. The highest BCUT2D eigenvalue weighted by Gasteiger charge is 2.24. The smallest absolute Gasteiger partial charge is 0.240 e. The predicted molar refractivity (Wildman–Crippen MR) is 93.4 cm³/mol. The van der Waals surface area contributed by atoms with E-state index in [4.69, 9.17) is 0 Å². The van der Waals surface area contributed by atoms with Crippen molar-refractivity contribution in [2.75, 3.05) is 31.7 Å². The molecule has 0 spiro atoms. The summed E-state index contributed by atoms with van der Waals surface area (Å²) in [6.45, 7) is 3.17. The Labute approximate surface area is 142 Å². The van der Waals surface area contributed by atoms with Gasteiger partial charge in [-0.25, -0.2) is 13.1 Å². The molecule has 2 rings (SSSR count). The van der Waals surface area contributed by atoms with Crippen molar-refractivity contribution in [2.24, 2.45) is 0 Å². The Kier molecular flexibility index (Phi) is 6.07. The number of likely N-dealkylation sites (tertiary alicyclic amines) is 1. The van der Waals surface area contributed by atoms with Gasteiger partial charge in [0.15, 0.2) is 0 Å². The zero-order chi connectivity index (χ0) is 17.0. The van der Waals surface area contributed by atoms with Gasteiger partial charge in [-0.1, -0.05) is 0 Å². The molecule has 0 radical (unpaired) electrons. The summed E-state index contributed by atoms with van der Waals surface area (Å²) < 4.78 is 27.9. The van der Waals surface area contributed by atoms with E-state index >= 15 is 0 Å². The molecule has 1 amide bonds. The first-order valence-corrected chi connectivity index (χ1v) is 10.2. The van der Waals surface area contributed by atoms with Crippen molar-refractivity contribution >= 4 is 33.4 Å². The van der Waals surface area contributed by atoms with Crippen LogP contribution < -0.4 is 10.0 Å². The third-order valence-corrected chi connectivity index (χ3v) is 6.15. The average Bonchev–Trinajstić information content (AvgIpc) is 2.49. The van der Waals surface area contributed by atoms with Crippen LogP contribution >= 0.6 is 11.8 Å². The molecular formula is C15H23N3O3S2. The normalized spacial score (nSPS) is 17.2. The summed E-state index contributed by atoms with van der Waals surface area (Å²) in [5.41, 5.74) is 0.524. The molecule has 1 aromatic rings. The maximum atomic E-state index is 12.6. The van der Waals surface area contributed by atoms with E-state index in [1.54, 1.807) is 12.1 Å². The van der Waals surface area contributed by atoms with Gasteiger partial charge in [0, 0.05) is 17.9 Å². The number of sulfonamides is 1. The molecule has 1 aromatic carbocycles. The van der Waals surface area contributed by atoms with Crippen molar-refractivity contribution in [2.45, 2.75) is 35.6 Å². The lowest BCUT2D eigenvalue weighted by atomic mass is 10.1. The number of rotatable bonds is 5. The van der Waals surface area contributed by atoms with Crippen LogP contribution in [0.15, 0.2) is 28.0 Å². The average molecular weight is 358 g/mol. The molecule has 0 unspecified atom stereocenters. The van der Waals surface area contributed by atoms with Gasteiger partial charge in [-0.2, -0.15) is 0 Å². The van der Waals surface area contributed by atoms with Gasteiger partial charge in [0.2, 0.25) is 15.9 Å². The van der Waals surface area contributed by atoms with Crippen LogP contribution in [0.1, 0.15) is 19.8 Å². The molecule has 0 atom stereocenters. The van der Waals surface area contributed by atoms with Crippen LogP contribution in [-0.2, 0) is 14.8 Å². The zero-order valence-electron chi connectivity index (χ0n) is 13.6. The fourth-order valence-corrected chi connectivity index (χ4v) is 4.42. The summed E-state index contributed by atoms with van der Waals surface area (Å²) in [4.78, 5) is 14.5. The van der Waals surface area contributed by atoms with Crippen LogP contribution in [0.4, 0.5) is 5.69 Å². The van der Waals surface area contributed by atoms with E-state index in [-0.39, 0.29) is 16.8 Å². The van der Waals surface area contributed by atoms with Gasteiger partial charge in [0.05, 0.1) is 10.6 Å². The second kappa shape index (κ2) is 7.65. The summed E-state index contributed by atoms with van der Waals surface area (Å²) >= 11 is 1.46. The summed E-state index contributed by atoms with van der Waals surface area (Å²) in [6, 6.07) is 4.78. The minimum Gasteiger partial charge on any atom is -0.325 e. The van der Waals surface area contributed by atoms with E-state index < -0.39 is 10.0 Å².